The maximum absolute atomic E-state index is 2.45. The van der Waals surface area contributed by atoms with Gasteiger partial charge in [0, 0.05) is 0 Å². The molecule has 0 aliphatic heterocycles. The number of benzene rings is 2. The summed E-state index contributed by atoms with van der Waals surface area (Å²) in [7, 11) is -1.29. The molecular weight excluding hydrogens is 292 g/mol. The molecule has 0 saturated carbocycles. The molecule has 0 unspecified atom stereocenters. The van der Waals surface area contributed by atoms with Gasteiger partial charge in [0.25, 0.3) is 0 Å². The van der Waals surface area contributed by atoms with E-state index in [4.69, 9.17) is 0 Å². The summed E-state index contributed by atoms with van der Waals surface area (Å²) < 4.78 is 0. The van der Waals surface area contributed by atoms with E-state index in [0.29, 0.717) is 0 Å². The normalized spacial score (nSPS) is 14.6. The van der Waals surface area contributed by atoms with Gasteiger partial charge < -0.3 is 0 Å². The fourth-order valence-electron chi connectivity index (χ4n) is 3.42. The molecule has 118 valence electrons. The van der Waals surface area contributed by atoms with Crippen molar-refractivity contribution in [2.24, 2.45) is 0 Å². The van der Waals surface area contributed by atoms with Crippen LogP contribution in [0.15, 0.2) is 71.9 Å². The summed E-state index contributed by atoms with van der Waals surface area (Å²) in [6, 6.07) is 19.8. The second-order valence-corrected chi connectivity index (χ2v) is 12.4. The van der Waals surface area contributed by atoms with Crippen LogP contribution in [0, 0.1) is 0 Å². The van der Waals surface area contributed by atoms with Crippen molar-refractivity contribution in [2.75, 3.05) is 0 Å². The van der Waals surface area contributed by atoms with Gasteiger partial charge in [-0.25, -0.2) is 0 Å². The first-order valence-corrected chi connectivity index (χ1v) is 12.1. The molecule has 0 amide bonds. The highest BCUT2D eigenvalue weighted by Crippen LogP contribution is 2.36. The second kappa shape index (κ2) is 6.72. The molecule has 1 aliphatic rings. The van der Waals surface area contributed by atoms with E-state index in [-0.39, 0.29) is 0 Å². The van der Waals surface area contributed by atoms with Gasteiger partial charge in [-0.1, -0.05) is 91.6 Å². The lowest BCUT2D eigenvalue weighted by molar-refractivity contribution is 0.955. The van der Waals surface area contributed by atoms with Crippen molar-refractivity contribution in [1.29, 1.82) is 0 Å². The Hall–Kier alpha value is -1.86. The molecule has 0 atom stereocenters. The third-order valence-corrected chi connectivity index (χ3v) is 6.69. The van der Waals surface area contributed by atoms with E-state index in [9.17, 15) is 0 Å². The molecule has 1 heteroatoms. The average molecular weight is 319 g/mol. The van der Waals surface area contributed by atoms with Crippen molar-refractivity contribution >= 4 is 13.6 Å². The Morgan fingerprint density at radius 2 is 1.52 bits per heavy atom. The van der Waals surface area contributed by atoms with Gasteiger partial charge >= 0.3 is 0 Å². The molecule has 0 spiro atoms. The predicted molar refractivity (Wildman–Crippen MR) is 104 cm³/mol. The molecule has 2 aromatic rings. The van der Waals surface area contributed by atoms with Gasteiger partial charge in [-0.3, -0.25) is 0 Å². The molecule has 3 rings (SSSR count). The zero-order valence-corrected chi connectivity index (χ0v) is 15.5. The van der Waals surface area contributed by atoms with Crippen LogP contribution in [0.25, 0.3) is 5.57 Å². The van der Waals surface area contributed by atoms with E-state index in [0.717, 1.165) is 19.3 Å². The van der Waals surface area contributed by atoms with Crippen molar-refractivity contribution in [1.82, 2.24) is 0 Å². The highest BCUT2D eigenvalue weighted by molar-refractivity contribution is 6.84. The Morgan fingerprint density at radius 3 is 2.26 bits per heavy atom. The topological polar surface area (TPSA) is 0 Å². The van der Waals surface area contributed by atoms with Crippen LogP contribution in [0.2, 0.25) is 19.6 Å². The smallest absolute Gasteiger partial charge is 0.0779 e. The standard InChI is InChI=1S/C22H26Si/c1-23(2,3)22-15-9-14-21(22)20-13-8-7-12-19(20)17-16-18-10-5-4-6-11-18/h4-13,15H,14,16-17H2,1-3H3. The number of hydrogen-bond donors (Lipinski definition) is 0. The van der Waals surface area contributed by atoms with Crippen LogP contribution in [-0.4, -0.2) is 8.07 Å². The lowest BCUT2D eigenvalue weighted by Crippen LogP contribution is -2.23. The van der Waals surface area contributed by atoms with Crippen LogP contribution in [0.1, 0.15) is 23.1 Å². The Labute approximate surface area is 141 Å². The van der Waals surface area contributed by atoms with Crippen molar-refractivity contribution in [2.45, 2.75) is 38.9 Å². The molecule has 1 aliphatic carbocycles. The summed E-state index contributed by atoms with van der Waals surface area (Å²) in [4.78, 5) is 0. The van der Waals surface area contributed by atoms with Gasteiger partial charge in [0.1, 0.15) is 0 Å². The minimum atomic E-state index is -1.29. The number of allylic oxidation sites excluding steroid dienone is 4. The Morgan fingerprint density at radius 1 is 0.826 bits per heavy atom. The van der Waals surface area contributed by atoms with E-state index < -0.39 is 8.07 Å². The zero-order chi connectivity index (χ0) is 16.3. The van der Waals surface area contributed by atoms with E-state index in [2.05, 4.69) is 86.4 Å². The van der Waals surface area contributed by atoms with Crippen molar-refractivity contribution in [3.05, 3.63) is 88.6 Å². The molecule has 23 heavy (non-hydrogen) atoms. The molecule has 0 bridgehead atoms. The monoisotopic (exact) mass is 318 g/mol. The second-order valence-electron chi connectivity index (χ2n) is 7.39. The van der Waals surface area contributed by atoms with Crippen LogP contribution >= 0.6 is 0 Å². The summed E-state index contributed by atoms with van der Waals surface area (Å²) in [6.07, 6.45) is 8.05. The highest BCUT2D eigenvalue weighted by Gasteiger charge is 2.25. The van der Waals surface area contributed by atoms with Crippen molar-refractivity contribution in [3.8, 4) is 0 Å². The molecule has 0 nitrogen and oxygen atoms in total. The van der Waals surface area contributed by atoms with Gasteiger partial charge in [-0.15, -0.1) is 0 Å². The summed E-state index contributed by atoms with van der Waals surface area (Å²) in [5.74, 6) is 0. The van der Waals surface area contributed by atoms with Crippen molar-refractivity contribution < 1.29 is 0 Å². The van der Waals surface area contributed by atoms with E-state index in [1.165, 1.54) is 16.7 Å². The molecular formula is C22H26Si. The molecule has 0 aromatic heterocycles. The summed E-state index contributed by atoms with van der Waals surface area (Å²) in [5, 5.41) is 1.63. The number of rotatable bonds is 5. The number of aryl methyl sites for hydroxylation is 2. The molecule has 0 radical (unpaired) electrons. The SMILES string of the molecule is C[Si](C)(C)C1=C(c2ccccc2CCc2ccccc2)CC=C1. The van der Waals surface area contributed by atoms with Crippen LogP contribution in [0.5, 0.6) is 0 Å². The van der Waals surface area contributed by atoms with E-state index in [1.54, 1.807) is 10.8 Å². The summed E-state index contributed by atoms with van der Waals surface area (Å²) >= 11 is 0. The van der Waals surface area contributed by atoms with Crippen LogP contribution in [0.4, 0.5) is 0 Å². The van der Waals surface area contributed by atoms with E-state index >= 15 is 0 Å². The zero-order valence-electron chi connectivity index (χ0n) is 14.5. The third kappa shape index (κ3) is 3.73. The first-order valence-electron chi connectivity index (χ1n) is 8.58. The minimum Gasteiger partial charge on any atom is -0.0802 e. The van der Waals surface area contributed by atoms with Gasteiger partial charge in [-0.2, -0.15) is 0 Å². The molecule has 0 fully saturated rings. The van der Waals surface area contributed by atoms with Crippen molar-refractivity contribution in [3.63, 3.8) is 0 Å². The lowest BCUT2D eigenvalue weighted by atomic mass is 9.94. The van der Waals surface area contributed by atoms with Crippen LogP contribution in [-0.2, 0) is 12.8 Å². The third-order valence-electron chi connectivity index (χ3n) is 4.61. The first-order chi connectivity index (χ1) is 11.1. The first kappa shape index (κ1) is 16.0. The molecule has 0 heterocycles. The molecule has 0 saturated heterocycles. The van der Waals surface area contributed by atoms with Gasteiger partial charge in [0.05, 0.1) is 8.07 Å². The molecule has 2 aromatic carbocycles. The highest BCUT2D eigenvalue weighted by atomic mass is 28.3. The summed E-state index contributed by atoms with van der Waals surface area (Å²) in [5.41, 5.74) is 5.97. The van der Waals surface area contributed by atoms with E-state index in [1.807, 2.05) is 0 Å². The largest absolute Gasteiger partial charge is 0.0802 e. The Bertz CT molecular complexity index is 730. The van der Waals surface area contributed by atoms with Gasteiger partial charge in [-0.05, 0) is 41.5 Å². The quantitative estimate of drug-likeness (QED) is 0.588. The maximum Gasteiger partial charge on any atom is 0.0779 e. The molecule has 0 N–H and O–H groups in total. The maximum atomic E-state index is 2.45. The minimum absolute atomic E-state index is 1.10. The Balaban J connectivity index is 1.90. The summed E-state index contributed by atoms with van der Waals surface area (Å²) in [6.45, 7) is 7.35. The van der Waals surface area contributed by atoms with Gasteiger partial charge in [0.15, 0.2) is 0 Å². The van der Waals surface area contributed by atoms with Crippen LogP contribution in [0.3, 0.4) is 0 Å². The van der Waals surface area contributed by atoms with Crippen LogP contribution < -0.4 is 0 Å². The average Bonchev–Trinajstić information content (AvgIpc) is 3.04. The number of hydrogen-bond acceptors (Lipinski definition) is 0. The fraction of sp³-hybridized carbons (Fsp3) is 0.273. The fourth-order valence-corrected chi connectivity index (χ4v) is 5.18. The Kier molecular flexibility index (Phi) is 4.68. The predicted octanol–water partition coefficient (Wildman–Crippen LogP) is 6.06. The van der Waals surface area contributed by atoms with Gasteiger partial charge in [0.2, 0.25) is 0 Å². The lowest BCUT2D eigenvalue weighted by Gasteiger charge is -2.21.